The fourth-order valence-corrected chi connectivity index (χ4v) is 3.60. The summed E-state index contributed by atoms with van der Waals surface area (Å²) in [5, 5.41) is 4.15. The number of amides is 1. The predicted molar refractivity (Wildman–Crippen MR) is 122 cm³/mol. The Bertz CT molecular complexity index is 1300. The van der Waals surface area contributed by atoms with Gasteiger partial charge in [0.1, 0.15) is 0 Å². The summed E-state index contributed by atoms with van der Waals surface area (Å²) in [6.45, 7) is 2.34. The van der Waals surface area contributed by atoms with Crippen molar-refractivity contribution in [2.24, 2.45) is 0 Å². The van der Waals surface area contributed by atoms with Crippen molar-refractivity contribution < 1.29 is 18.7 Å². The number of para-hydroxylation sites is 1. The molecule has 0 unspecified atom stereocenters. The Morgan fingerprint density at radius 3 is 2.55 bits per heavy atom. The van der Waals surface area contributed by atoms with Gasteiger partial charge >= 0.3 is 0 Å². The Balaban J connectivity index is 1.68. The summed E-state index contributed by atoms with van der Waals surface area (Å²) in [5.41, 5.74) is 1.31. The lowest BCUT2D eigenvalue weighted by Gasteiger charge is -2.11. The number of anilines is 1. The Hall–Kier alpha value is -3.28. The van der Waals surface area contributed by atoms with E-state index in [4.69, 9.17) is 32.4 Å². The van der Waals surface area contributed by atoms with Gasteiger partial charge in [0, 0.05) is 21.5 Å². The maximum Gasteiger partial charge on any atom is 0.291 e. The van der Waals surface area contributed by atoms with Crippen LogP contribution in [0.15, 0.2) is 71.1 Å². The van der Waals surface area contributed by atoms with Gasteiger partial charge < -0.3 is 14.5 Å². The SMILES string of the molecule is CCOc1cccc2cc(C(=O)Nc3ccc(Cl)cc3C(=O)c3ccccc3Cl)oc12. The van der Waals surface area contributed by atoms with Gasteiger partial charge in [0.15, 0.2) is 22.9 Å². The Kier molecular flexibility index (Phi) is 5.98. The molecule has 1 N–H and O–H groups in total. The van der Waals surface area contributed by atoms with E-state index in [0.29, 0.717) is 39.2 Å². The standard InChI is InChI=1S/C24H17Cl2NO4/c1-2-30-20-9-5-6-14-12-21(31-23(14)20)24(29)27-19-11-10-15(25)13-17(19)22(28)16-7-3-4-8-18(16)26/h3-13H,2H2,1H3,(H,27,29). The van der Waals surface area contributed by atoms with Gasteiger partial charge in [-0.25, -0.2) is 0 Å². The lowest BCUT2D eigenvalue weighted by atomic mass is 10.0. The zero-order valence-electron chi connectivity index (χ0n) is 16.4. The molecule has 0 saturated carbocycles. The smallest absolute Gasteiger partial charge is 0.291 e. The lowest BCUT2D eigenvalue weighted by molar-refractivity contribution is 0.0998. The highest BCUT2D eigenvalue weighted by Gasteiger charge is 2.20. The summed E-state index contributed by atoms with van der Waals surface area (Å²) in [6, 6.07) is 18.4. The molecule has 1 aromatic heterocycles. The molecule has 3 aromatic carbocycles. The molecular formula is C24H17Cl2NO4. The van der Waals surface area contributed by atoms with Crippen molar-refractivity contribution in [1.29, 1.82) is 0 Å². The van der Waals surface area contributed by atoms with E-state index in [-0.39, 0.29) is 17.1 Å². The number of ketones is 1. The first-order valence-corrected chi connectivity index (χ1v) is 10.3. The van der Waals surface area contributed by atoms with E-state index in [2.05, 4.69) is 5.32 Å². The van der Waals surface area contributed by atoms with Crippen LogP contribution in [0.25, 0.3) is 11.0 Å². The molecule has 0 fully saturated rings. The quantitative estimate of drug-likeness (QED) is 0.333. The van der Waals surface area contributed by atoms with Crippen molar-refractivity contribution >= 4 is 51.5 Å². The molecule has 0 aliphatic rings. The highest BCUT2D eigenvalue weighted by atomic mass is 35.5. The lowest BCUT2D eigenvalue weighted by Crippen LogP contribution is -2.15. The molecule has 4 aromatic rings. The van der Waals surface area contributed by atoms with E-state index in [1.165, 1.54) is 6.07 Å². The number of ether oxygens (including phenoxy) is 1. The van der Waals surface area contributed by atoms with Crippen LogP contribution >= 0.6 is 23.2 Å². The molecule has 0 aliphatic carbocycles. The zero-order chi connectivity index (χ0) is 22.0. The number of carbonyl (C=O) groups is 2. The number of hydrogen-bond donors (Lipinski definition) is 1. The van der Waals surface area contributed by atoms with E-state index in [1.54, 1.807) is 48.5 Å². The molecule has 0 atom stereocenters. The van der Waals surface area contributed by atoms with E-state index < -0.39 is 5.91 Å². The minimum Gasteiger partial charge on any atom is -0.490 e. The number of fused-ring (bicyclic) bond motifs is 1. The molecule has 31 heavy (non-hydrogen) atoms. The fourth-order valence-electron chi connectivity index (χ4n) is 3.21. The van der Waals surface area contributed by atoms with Crippen LogP contribution in [0.2, 0.25) is 10.0 Å². The molecule has 0 bridgehead atoms. The minimum atomic E-state index is -0.505. The van der Waals surface area contributed by atoms with Crippen LogP contribution in [0.1, 0.15) is 33.4 Å². The van der Waals surface area contributed by atoms with Gasteiger partial charge in [-0.2, -0.15) is 0 Å². The number of nitrogens with one attached hydrogen (secondary N) is 1. The van der Waals surface area contributed by atoms with E-state index in [0.717, 1.165) is 5.39 Å². The number of rotatable bonds is 6. The van der Waals surface area contributed by atoms with Crippen molar-refractivity contribution in [2.75, 3.05) is 11.9 Å². The second kappa shape index (κ2) is 8.84. The molecule has 0 radical (unpaired) electrons. The number of furan rings is 1. The molecule has 0 aliphatic heterocycles. The average molecular weight is 454 g/mol. The van der Waals surface area contributed by atoms with Crippen LogP contribution in [0, 0.1) is 0 Å². The average Bonchev–Trinajstić information content (AvgIpc) is 3.21. The van der Waals surface area contributed by atoms with Crippen molar-refractivity contribution in [1.82, 2.24) is 0 Å². The molecule has 0 saturated heterocycles. The maximum atomic E-state index is 13.1. The first kappa shape index (κ1) is 21.0. The molecule has 7 heteroatoms. The van der Waals surface area contributed by atoms with Crippen molar-refractivity contribution in [2.45, 2.75) is 6.92 Å². The Morgan fingerprint density at radius 1 is 0.968 bits per heavy atom. The van der Waals surface area contributed by atoms with Crippen LogP contribution in [-0.2, 0) is 0 Å². The van der Waals surface area contributed by atoms with Gasteiger partial charge in [0.2, 0.25) is 0 Å². The third kappa shape index (κ3) is 4.29. The van der Waals surface area contributed by atoms with Crippen LogP contribution in [0.3, 0.4) is 0 Å². The highest BCUT2D eigenvalue weighted by Crippen LogP contribution is 2.30. The second-order valence-electron chi connectivity index (χ2n) is 6.67. The van der Waals surface area contributed by atoms with E-state index >= 15 is 0 Å². The summed E-state index contributed by atoms with van der Waals surface area (Å²) in [4.78, 5) is 26.0. The molecular weight excluding hydrogens is 437 g/mol. The Morgan fingerprint density at radius 2 is 1.77 bits per heavy atom. The fraction of sp³-hybridized carbons (Fsp3) is 0.0833. The van der Waals surface area contributed by atoms with Gasteiger partial charge in [0.05, 0.1) is 17.3 Å². The summed E-state index contributed by atoms with van der Waals surface area (Å²) >= 11 is 12.3. The van der Waals surface area contributed by atoms with Crippen molar-refractivity contribution in [3.05, 3.63) is 93.7 Å². The van der Waals surface area contributed by atoms with Crippen molar-refractivity contribution in [3.63, 3.8) is 0 Å². The van der Waals surface area contributed by atoms with Crippen LogP contribution in [0.4, 0.5) is 5.69 Å². The number of hydrogen-bond acceptors (Lipinski definition) is 4. The third-order valence-electron chi connectivity index (χ3n) is 4.62. The van der Waals surface area contributed by atoms with Crippen LogP contribution in [0.5, 0.6) is 5.75 Å². The number of halogens is 2. The van der Waals surface area contributed by atoms with Crippen molar-refractivity contribution in [3.8, 4) is 5.75 Å². The molecule has 4 rings (SSSR count). The van der Waals surface area contributed by atoms with Gasteiger partial charge in [-0.15, -0.1) is 0 Å². The molecule has 1 amide bonds. The Labute approximate surface area is 188 Å². The van der Waals surface area contributed by atoms with Gasteiger partial charge in [0.25, 0.3) is 5.91 Å². The highest BCUT2D eigenvalue weighted by molar-refractivity contribution is 6.36. The first-order valence-electron chi connectivity index (χ1n) is 9.53. The minimum absolute atomic E-state index is 0.0910. The van der Waals surface area contributed by atoms with Gasteiger partial charge in [-0.3, -0.25) is 9.59 Å². The zero-order valence-corrected chi connectivity index (χ0v) is 18.0. The summed E-state index contributed by atoms with van der Waals surface area (Å²) in [6.07, 6.45) is 0. The van der Waals surface area contributed by atoms with Gasteiger partial charge in [-0.1, -0.05) is 47.5 Å². The first-order chi connectivity index (χ1) is 15.0. The molecule has 5 nitrogen and oxygen atoms in total. The van der Waals surface area contributed by atoms with E-state index in [9.17, 15) is 9.59 Å². The molecule has 1 heterocycles. The topological polar surface area (TPSA) is 68.5 Å². The summed E-state index contributed by atoms with van der Waals surface area (Å²) < 4.78 is 11.3. The van der Waals surface area contributed by atoms with Gasteiger partial charge in [-0.05, 0) is 49.4 Å². The summed E-state index contributed by atoms with van der Waals surface area (Å²) in [7, 11) is 0. The monoisotopic (exact) mass is 453 g/mol. The number of benzene rings is 3. The molecule has 156 valence electrons. The summed E-state index contributed by atoms with van der Waals surface area (Å²) in [5.74, 6) is -0.214. The van der Waals surface area contributed by atoms with Crippen LogP contribution < -0.4 is 10.1 Å². The van der Waals surface area contributed by atoms with Crippen LogP contribution in [-0.4, -0.2) is 18.3 Å². The number of carbonyl (C=O) groups excluding carboxylic acids is 2. The third-order valence-corrected chi connectivity index (χ3v) is 5.19. The predicted octanol–water partition coefficient (Wildman–Crippen LogP) is 6.62. The second-order valence-corrected chi connectivity index (χ2v) is 7.51. The maximum absolute atomic E-state index is 13.1. The molecule has 0 spiro atoms. The largest absolute Gasteiger partial charge is 0.490 e. The van der Waals surface area contributed by atoms with E-state index in [1.807, 2.05) is 19.1 Å². The normalized spacial score (nSPS) is 10.8.